The van der Waals surface area contributed by atoms with Gasteiger partial charge in [0.25, 0.3) is 17.6 Å². The largest absolute Gasteiger partial charge is 0.477 e. The number of hydrogen-bond acceptors (Lipinski definition) is 6. The zero-order chi connectivity index (χ0) is 43.7. The summed E-state index contributed by atoms with van der Waals surface area (Å²) in [7, 11) is 0. The van der Waals surface area contributed by atoms with Crippen LogP contribution < -0.4 is 20.9 Å². The number of carboxylic acids is 1. The number of aliphatic carboxylic acids is 1. The molecule has 6 aromatic rings. The van der Waals surface area contributed by atoms with Gasteiger partial charge in [-0.15, -0.1) is 0 Å². The van der Waals surface area contributed by atoms with Crippen molar-refractivity contribution in [2.75, 3.05) is 0 Å². The zero-order valence-corrected chi connectivity index (χ0v) is 33.9. The Kier molecular flexibility index (Phi) is 12.6. The quantitative estimate of drug-likeness (QED) is 0.0480. The fourth-order valence-corrected chi connectivity index (χ4v) is 6.53. The first-order chi connectivity index (χ1) is 27.5. The summed E-state index contributed by atoms with van der Waals surface area (Å²) < 4.78 is 87.0. The molecule has 2 aromatic heterocycles. The van der Waals surface area contributed by atoms with Crippen LogP contribution in [0.15, 0.2) is 103 Å². The molecule has 2 amide bonds. The number of primary amides is 2. The zero-order valence-electron chi connectivity index (χ0n) is 30.7. The van der Waals surface area contributed by atoms with Crippen LogP contribution in [-0.2, 0) is 27.5 Å². The van der Waals surface area contributed by atoms with Crippen LogP contribution in [0.25, 0.3) is 21.8 Å². The maximum atomic E-state index is 13.6. The summed E-state index contributed by atoms with van der Waals surface area (Å²) in [5, 5.41) is 9.36. The number of amides is 2. The molecule has 4 aromatic carbocycles. The summed E-state index contributed by atoms with van der Waals surface area (Å²) >= 11 is 4.48. The van der Waals surface area contributed by atoms with Crippen LogP contribution in [0.4, 0.5) is 26.3 Å². The number of hydrogen-bond donors (Lipinski definition) is 3. The lowest BCUT2D eigenvalue weighted by Gasteiger charge is -2.28. The second kappa shape index (κ2) is 16.8. The Morgan fingerprint density at radius 1 is 0.661 bits per heavy atom. The number of fused-ring (bicyclic) bond motifs is 2. The predicted octanol–water partition coefficient (Wildman–Crippen LogP) is 8.30. The van der Waals surface area contributed by atoms with Crippen LogP contribution in [0.1, 0.15) is 32.9 Å². The first kappa shape index (κ1) is 44.3. The van der Waals surface area contributed by atoms with Gasteiger partial charge in [0.2, 0.25) is 0 Å². The number of alkyl halides is 8. The van der Waals surface area contributed by atoms with Crippen molar-refractivity contribution in [1.29, 1.82) is 0 Å². The Morgan fingerprint density at radius 3 is 1.61 bits per heavy atom. The second-order valence-electron chi connectivity index (χ2n) is 13.0. The molecule has 0 aliphatic rings. The smallest absolute Gasteiger partial charge is 0.450 e. The Bertz CT molecular complexity index is 2560. The molecule has 0 spiro atoms. The van der Waals surface area contributed by atoms with Crippen molar-refractivity contribution in [1.82, 2.24) is 9.13 Å². The lowest BCUT2D eigenvalue weighted by atomic mass is 10.1. The van der Waals surface area contributed by atoms with E-state index >= 15 is 0 Å². The molecule has 0 saturated carbocycles. The molecule has 2 unspecified atom stereocenters. The molecule has 0 bridgehead atoms. The molecule has 6 rings (SSSR count). The normalized spacial score (nSPS) is 13.8. The number of halogens is 8. The fourth-order valence-electron chi connectivity index (χ4n) is 6.18. The van der Waals surface area contributed by atoms with Gasteiger partial charge in [-0.05, 0) is 87.2 Å². The van der Waals surface area contributed by atoms with E-state index in [0.717, 1.165) is 22.9 Å². The molecular weight excluding hydrogens is 922 g/mol. The maximum Gasteiger partial charge on any atom is 0.450 e. The number of carbonyl (C=O) groups is 4. The van der Waals surface area contributed by atoms with E-state index in [1.54, 1.807) is 34.9 Å². The molecule has 5 N–H and O–H groups in total. The Labute approximate surface area is 347 Å². The summed E-state index contributed by atoms with van der Waals surface area (Å²) in [5.74, 6) is -7.06. The molecular formula is C40H32Br2F6N4O7. The number of benzene rings is 4. The third-order valence-corrected chi connectivity index (χ3v) is 11.0. The van der Waals surface area contributed by atoms with Crippen LogP contribution >= 0.6 is 31.9 Å². The number of aromatic nitrogens is 2. The summed E-state index contributed by atoms with van der Waals surface area (Å²) in [6.07, 6.45) is -10.4. The van der Waals surface area contributed by atoms with Gasteiger partial charge < -0.3 is 35.2 Å². The molecule has 11 nitrogen and oxygen atoms in total. The topological polar surface area (TPSA) is 169 Å². The van der Waals surface area contributed by atoms with E-state index in [-0.39, 0.29) is 28.9 Å². The first-order valence-corrected chi connectivity index (χ1v) is 18.7. The number of carboxylic acid groups (broad SMARTS) is 1. The summed E-state index contributed by atoms with van der Waals surface area (Å²) in [4.78, 5) is 47.2. The molecule has 2 atom stereocenters. The highest BCUT2D eigenvalue weighted by Gasteiger charge is 2.63. The van der Waals surface area contributed by atoms with Gasteiger partial charge in [-0.2, -0.15) is 26.3 Å². The van der Waals surface area contributed by atoms with E-state index in [0.29, 0.717) is 23.0 Å². The third-order valence-electron chi connectivity index (χ3n) is 9.06. The van der Waals surface area contributed by atoms with Crippen molar-refractivity contribution < 1.29 is 60.1 Å². The minimum Gasteiger partial charge on any atom is -0.477 e. The van der Waals surface area contributed by atoms with Gasteiger partial charge >= 0.3 is 27.3 Å². The van der Waals surface area contributed by atoms with Gasteiger partial charge in [0, 0.05) is 29.9 Å². The van der Waals surface area contributed by atoms with Crippen LogP contribution in [0, 0.1) is 13.8 Å². The number of aryl methyl sites for hydroxylation is 1. The van der Waals surface area contributed by atoms with Crippen molar-refractivity contribution in [3.63, 3.8) is 0 Å². The standard InChI is InChI=1S/C21H17BrF3N3O4.C19H15BrF3NO3/c1-11-15(17(29)18(26)30)16-13(28(11)10-12-6-3-2-4-7-12)8-5-9-14(16)32-20(22,19(27)31)21(23,24)25;1-12-10-14-15(24(12)11-13-6-3-2-4-7-13)8-5-9-16(14)27-18(20,17(25)26)19(21,22)23/h2-9H,10H2,1H3,(H2,26,30)(H2,27,31);2-10H,11H2,1H3,(H,25,26). The first-order valence-electron chi connectivity index (χ1n) is 17.1. The van der Waals surface area contributed by atoms with E-state index < -0.39 is 50.7 Å². The Morgan fingerprint density at radius 2 is 1.14 bits per heavy atom. The highest BCUT2D eigenvalue weighted by molar-refractivity contribution is 9.10. The molecule has 0 aliphatic heterocycles. The van der Waals surface area contributed by atoms with Crippen molar-refractivity contribution in [2.45, 2.75) is 48.3 Å². The number of nitrogens with two attached hydrogens (primary N) is 2. The third kappa shape index (κ3) is 8.80. The van der Waals surface area contributed by atoms with Crippen molar-refractivity contribution >= 4 is 77.2 Å². The van der Waals surface area contributed by atoms with E-state index in [1.807, 2.05) is 60.0 Å². The van der Waals surface area contributed by atoms with Gasteiger partial charge in [-0.3, -0.25) is 14.4 Å². The van der Waals surface area contributed by atoms with E-state index in [1.165, 1.54) is 25.1 Å². The van der Waals surface area contributed by atoms with Crippen molar-refractivity contribution in [2.24, 2.45) is 11.5 Å². The molecule has 0 fully saturated rings. The number of nitrogens with zero attached hydrogens (tertiary/aromatic N) is 2. The minimum absolute atomic E-state index is 0.0981. The summed E-state index contributed by atoms with van der Waals surface area (Å²) in [6.45, 7) is 4.13. The van der Waals surface area contributed by atoms with Gasteiger partial charge in [0.15, 0.2) is 0 Å². The predicted molar refractivity (Wildman–Crippen MR) is 211 cm³/mol. The molecule has 0 saturated heterocycles. The maximum absolute atomic E-state index is 13.6. The SMILES string of the molecule is Cc1c(C(=O)C(N)=O)c2c(OC(Br)(C(N)=O)C(F)(F)F)cccc2n1Cc1ccccc1.Cc1cc2c(OC(Br)(C(=O)O)C(F)(F)F)cccc2n1Cc1ccccc1. The highest BCUT2D eigenvalue weighted by atomic mass is 79.9. The molecule has 0 aliphatic carbocycles. The number of carbonyl (C=O) groups excluding carboxylic acids is 3. The Hall–Kier alpha value is -5.82. The number of rotatable bonds is 12. The number of Topliss-reactive ketones (excluding diaryl/α,β-unsaturated/α-hetero) is 1. The molecule has 0 radical (unpaired) electrons. The van der Waals surface area contributed by atoms with Gasteiger partial charge in [0.1, 0.15) is 11.5 Å². The monoisotopic (exact) mass is 952 g/mol. The minimum atomic E-state index is -5.23. The lowest BCUT2D eigenvalue weighted by Crippen LogP contribution is -2.54. The van der Waals surface area contributed by atoms with E-state index in [9.17, 15) is 45.5 Å². The molecule has 310 valence electrons. The number of ketones is 1. The summed E-state index contributed by atoms with van der Waals surface area (Å²) in [6, 6.07) is 29.0. The van der Waals surface area contributed by atoms with E-state index in [4.69, 9.17) is 26.0 Å². The molecule has 2 heterocycles. The average Bonchev–Trinajstić information content (AvgIpc) is 3.64. The molecule has 59 heavy (non-hydrogen) atoms. The van der Waals surface area contributed by atoms with Gasteiger partial charge in [-0.1, -0.05) is 72.8 Å². The fraction of sp³-hybridized carbons (Fsp3) is 0.200. The van der Waals surface area contributed by atoms with Crippen molar-refractivity contribution in [3.8, 4) is 11.5 Å². The van der Waals surface area contributed by atoms with Crippen LogP contribution in [0.2, 0.25) is 0 Å². The van der Waals surface area contributed by atoms with Crippen LogP contribution in [0.5, 0.6) is 11.5 Å². The second-order valence-corrected chi connectivity index (χ2v) is 15.2. The van der Waals surface area contributed by atoms with Gasteiger partial charge in [0.05, 0.1) is 22.0 Å². The van der Waals surface area contributed by atoms with Gasteiger partial charge in [-0.25, -0.2) is 4.79 Å². The average molecular weight is 955 g/mol. The highest BCUT2D eigenvalue weighted by Crippen LogP contribution is 2.44. The van der Waals surface area contributed by atoms with Crippen LogP contribution in [-0.4, -0.2) is 59.2 Å². The summed E-state index contributed by atoms with van der Waals surface area (Å²) in [5.41, 5.74) is 13.8. The van der Waals surface area contributed by atoms with Crippen LogP contribution in [0.3, 0.4) is 0 Å². The Balaban J connectivity index is 0.000000227. The number of ether oxygens (including phenoxy) is 2. The van der Waals surface area contributed by atoms with Crippen molar-refractivity contribution in [3.05, 3.63) is 131 Å². The van der Waals surface area contributed by atoms with E-state index in [2.05, 4.69) is 31.9 Å². The molecule has 19 heteroatoms. The lowest BCUT2D eigenvalue weighted by molar-refractivity contribution is -0.217.